The Hall–Kier alpha value is -2.75. The summed E-state index contributed by atoms with van der Waals surface area (Å²) in [6.45, 7) is 0. The van der Waals surface area contributed by atoms with Gasteiger partial charge in [-0.25, -0.2) is 4.99 Å². The summed E-state index contributed by atoms with van der Waals surface area (Å²) in [5, 5.41) is 7.86. The maximum atomic E-state index is 5.47. The summed E-state index contributed by atoms with van der Waals surface area (Å²) in [4.78, 5) is 4.16. The number of benzene rings is 2. The second-order valence-electron chi connectivity index (χ2n) is 3.92. The molecule has 0 amide bonds. The SMILES string of the molecule is C(=N\c1nnc(-c2ccccc2)o1)/c1ccccc1. The van der Waals surface area contributed by atoms with Crippen molar-refractivity contribution in [1.82, 2.24) is 10.2 Å². The molecule has 0 spiro atoms. The van der Waals surface area contributed by atoms with Crippen LogP contribution >= 0.6 is 0 Å². The maximum absolute atomic E-state index is 5.47. The van der Waals surface area contributed by atoms with Gasteiger partial charge >= 0.3 is 6.01 Å². The predicted molar refractivity (Wildman–Crippen MR) is 73.4 cm³/mol. The molecular weight excluding hydrogens is 238 g/mol. The minimum Gasteiger partial charge on any atom is -0.402 e. The maximum Gasteiger partial charge on any atom is 0.342 e. The van der Waals surface area contributed by atoms with E-state index in [1.165, 1.54) is 0 Å². The van der Waals surface area contributed by atoms with Gasteiger partial charge in [0, 0.05) is 11.8 Å². The molecule has 0 fully saturated rings. The summed E-state index contributed by atoms with van der Waals surface area (Å²) < 4.78 is 5.47. The van der Waals surface area contributed by atoms with Gasteiger partial charge < -0.3 is 4.42 Å². The van der Waals surface area contributed by atoms with E-state index in [-0.39, 0.29) is 6.01 Å². The molecule has 0 aliphatic rings. The molecule has 1 aromatic heterocycles. The lowest BCUT2D eigenvalue weighted by molar-refractivity contribution is 0.580. The molecule has 19 heavy (non-hydrogen) atoms. The zero-order chi connectivity index (χ0) is 12.9. The van der Waals surface area contributed by atoms with Crippen molar-refractivity contribution in [3.05, 3.63) is 66.2 Å². The highest BCUT2D eigenvalue weighted by atomic mass is 16.4. The molecule has 0 aliphatic carbocycles. The van der Waals surface area contributed by atoms with Crippen LogP contribution in [0, 0.1) is 0 Å². The van der Waals surface area contributed by atoms with Crippen LogP contribution < -0.4 is 0 Å². The van der Waals surface area contributed by atoms with Gasteiger partial charge in [-0.3, -0.25) is 0 Å². The summed E-state index contributed by atoms with van der Waals surface area (Å²) in [5.74, 6) is 0.473. The molecule has 0 bridgehead atoms. The number of rotatable bonds is 3. The normalized spacial score (nSPS) is 10.9. The Morgan fingerprint density at radius 1 is 0.842 bits per heavy atom. The van der Waals surface area contributed by atoms with E-state index in [4.69, 9.17) is 4.42 Å². The fourth-order valence-corrected chi connectivity index (χ4v) is 1.63. The summed E-state index contributed by atoms with van der Waals surface area (Å²) in [7, 11) is 0. The first-order valence-corrected chi connectivity index (χ1v) is 5.90. The first kappa shape index (κ1) is 11.3. The van der Waals surface area contributed by atoms with E-state index in [1.54, 1.807) is 6.21 Å². The van der Waals surface area contributed by atoms with Gasteiger partial charge in [-0.15, -0.1) is 5.10 Å². The van der Waals surface area contributed by atoms with Crippen LogP contribution in [0.15, 0.2) is 70.1 Å². The second kappa shape index (κ2) is 5.27. The zero-order valence-corrected chi connectivity index (χ0v) is 10.1. The molecule has 0 atom stereocenters. The van der Waals surface area contributed by atoms with E-state index < -0.39 is 0 Å². The fourth-order valence-electron chi connectivity index (χ4n) is 1.63. The summed E-state index contributed by atoms with van der Waals surface area (Å²) >= 11 is 0. The highest BCUT2D eigenvalue weighted by molar-refractivity contribution is 5.80. The van der Waals surface area contributed by atoms with Gasteiger partial charge in [-0.1, -0.05) is 53.6 Å². The molecule has 3 rings (SSSR count). The van der Waals surface area contributed by atoms with Crippen molar-refractivity contribution in [1.29, 1.82) is 0 Å². The molecule has 4 heteroatoms. The molecule has 0 aliphatic heterocycles. The lowest BCUT2D eigenvalue weighted by Gasteiger charge is -1.91. The third-order valence-electron chi connectivity index (χ3n) is 2.56. The van der Waals surface area contributed by atoms with Crippen molar-refractivity contribution in [2.45, 2.75) is 0 Å². The minimum absolute atomic E-state index is 0.253. The molecule has 0 saturated carbocycles. The molecular formula is C15H11N3O. The topological polar surface area (TPSA) is 51.3 Å². The van der Waals surface area contributed by atoms with Crippen LogP contribution in [0.5, 0.6) is 0 Å². The summed E-state index contributed by atoms with van der Waals surface area (Å²) in [6.07, 6.45) is 1.70. The van der Waals surface area contributed by atoms with Gasteiger partial charge in [0.2, 0.25) is 5.89 Å². The third kappa shape index (κ3) is 2.74. The van der Waals surface area contributed by atoms with E-state index >= 15 is 0 Å². The largest absolute Gasteiger partial charge is 0.402 e. The minimum atomic E-state index is 0.253. The fraction of sp³-hybridized carbons (Fsp3) is 0. The molecule has 3 aromatic rings. The van der Waals surface area contributed by atoms with Crippen molar-refractivity contribution in [3.8, 4) is 11.5 Å². The van der Waals surface area contributed by atoms with Crippen molar-refractivity contribution >= 4 is 12.2 Å². The first-order chi connectivity index (χ1) is 9.42. The first-order valence-electron chi connectivity index (χ1n) is 5.90. The molecule has 0 unspecified atom stereocenters. The summed E-state index contributed by atoms with van der Waals surface area (Å²) in [6, 6.07) is 19.6. The number of hydrogen-bond acceptors (Lipinski definition) is 4. The Morgan fingerprint density at radius 2 is 1.53 bits per heavy atom. The Balaban J connectivity index is 1.81. The van der Waals surface area contributed by atoms with Gasteiger partial charge in [-0.2, -0.15) is 0 Å². The Labute approximate surface area is 110 Å². The molecule has 0 radical (unpaired) electrons. The van der Waals surface area contributed by atoms with Crippen LogP contribution in [0.1, 0.15) is 5.56 Å². The van der Waals surface area contributed by atoms with Gasteiger partial charge in [0.1, 0.15) is 0 Å². The van der Waals surface area contributed by atoms with Crippen molar-refractivity contribution in [3.63, 3.8) is 0 Å². The Bertz CT molecular complexity index is 675. The third-order valence-corrected chi connectivity index (χ3v) is 2.56. The van der Waals surface area contributed by atoms with E-state index in [0.717, 1.165) is 11.1 Å². The van der Waals surface area contributed by atoms with Crippen LogP contribution in [0.25, 0.3) is 11.5 Å². The van der Waals surface area contributed by atoms with Crippen molar-refractivity contribution in [2.24, 2.45) is 4.99 Å². The predicted octanol–water partition coefficient (Wildman–Crippen LogP) is 3.49. The quantitative estimate of drug-likeness (QED) is 0.667. The number of aromatic nitrogens is 2. The van der Waals surface area contributed by atoms with Crippen LogP contribution in [0.4, 0.5) is 6.01 Å². The monoisotopic (exact) mass is 249 g/mol. The van der Waals surface area contributed by atoms with Gasteiger partial charge in [-0.05, 0) is 17.7 Å². The number of aliphatic imine (C=N–C) groups is 1. The number of nitrogens with zero attached hydrogens (tertiary/aromatic N) is 3. The number of hydrogen-bond donors (Lipinski definition) is 0. The lowest BCUT2D eigenvalue weighted by Crippen LogP contribution is -1.77. The van der Waals surface area contributed by atoms with E-state index in [2.05, 4.69) is 15.2 Å². The molecule has 0 saturated heterocycles. The van der Waals surface area contributed by atoms with Crippen LogP contribution in [0.3, 0.4) is 0 Å². The van der Waals surface area contributed by atoms with E-state index in [1.807, 2.05) is 60.7 Å². The van der Waals surface area contributed by atoms with E-state index in [9.17, 15) is 0 Å². The lowest BCUT2D eigenvalue weighted by atomic mass is 10.2. The van der Waals surface area contributed by atoms with Crippen LogP contribution in [0.2, 0.25) is 0 Å². The highest BCUT2D eigenvalue weighted by Crippen LogP contribution is 2.20. The molecule has 2 aromatic carbocycles. The van der Waals surface area contributed by atoms with Gasteiger partial charge in [0.25, 0.3) is 0 Å². The van der Waals surface area contributed by atoms with Gasteiger partial charge in [0.15, 0.2) is 0 Å². The van der Waals surface area contributed by atoms with Crippen LogP contribution in [-0.4, -0.2) is 16.4 Å². The average Bonchev–Trinajstić information content (AvgIpc) is 2.96. The smallest absolute Gasteiger partial charge is 0.342 e. The van der Waals surface area contributed by atoms with E-state index in [0.29, 0.717) is 5.89 Å². The summed E-state index contributed by atoms with van der Waals surface area (Å²) in [5.41, 5.74) is 1.87. The van der Waals surface area contributed by atoms with Gasteiger partial charge in [0.05, 0.1) is 0 Å². The zero-order valence-electron chi connectivity index (χ0n) is 10.1. The second-order valence-corrected chi connectivity index (χ2v) is 3.92. The van der Waals surface area contributed by atoms with Crippen molar-refractivity contribution < 1.29 is 4.42 Å². The standard InChI is InChI=1S/C15H11N3O/c1-3-7-12(8-4-1)11-16-15-18-17-14(19-15)13-9-5-2-6-10-13/h1-11H/b16-11+. The molecule has 0 N–H and O–H groups in total. The van der Waals surface area contributed by atoms with Crippen LogP contribution in [-0.2, 0) is 0 Å². The highest BCUT2D eigenvalue weighted by Gasteiger charge is 2.05. The Morgan fingerprint density at radius 3 is 2.26 bits per heavy atom. The average molecular weight is 249 g/mol. The molecule has 1 heterocycles. The molecule has 92 valence electrons. The molecule has 4 nitrogen and oxygen atoms in total. The Kier molecular flexibility index (Phi) is 3.14. The van der Waals surface area contributed by atoms with Crippen molar-refractivity contribution in [2.75, 3.05) is 0 Å².